The fourth-order valence-electron chi connectivity index (χ4n) is 0.526. The molecule has 0 aromatic carbocycles. The van der Waals surface area contributed by atoms with Gasteiger partial charge < -0.3 is 15.9 Å². The smallest absolute Gasteiger partial charge is 0.0894 e. The standard InChI is InChI=1S/C7H15NO2/c1-2-3-4-7(10)6(8)5-9/h3-4,6-7,9-10H,2,5,8H2,1H3/b4-3+. The number of nitrogens with two attached hydrogens (primary N) is 1. The van der Waals surface area contributed by atoms with Crippen molar-refractivity contribution in [2.45, 2.75) is 25.5 Å². The van der Waals surface area contributed by atoms with Gasteiger partial charge in [0.1, 0.15) is 0 Å². The minimum Gasteiger partial charge on any atom is -0.395 e. The number of hydrogen-bond donors (Lipinski definition) is 3. The van der Waals surface area contributed by atoms with Crippen molar-refractivity contribution in [3.8, 4) is 0 Å². The van der Waals surface area contributed by atoms with Crippen LogP contribution in [0.2, 0.25) is 0 Å². The number of hydrogen-bond acceptors (Lipinski definition) is 3. The van der Waals surface area contributed by atoms with Gasteiger partial charge in [-0.05, 0) is 6.42 Å². The SMILES string of the molecule is CC/C=C/C(O)C(N)CO. The van der Waals surface area contributed by atoms with Crippen LogP contribution in [0, 0.1) is 0 Å². The molecule has 0 rings (SSSR count). The molecule has 0 radical (unpaired) electrons. The molecule has 0 aliphatic rings. The van der Waals surface area contributed by atoms with E-state index in [1.807, 2.05) is 13.0 Å². The van der Waals surface area contributed by atoms with Crippen molar-refractivity contribution in [1.82, 2.24) is 0 Å². The van der Waals surface area contributed by atoms with Gasteiger partial charge in [-0.1, -0.05) is 19.1 Å². The van der Waals surface area contributed by atoms with E-state index in [-0.39, 0.29) is 6.61 Å². The lowest BCUT2D eigenvalue weighted by molar-refractivity contribution is 0.144. The van der Waals surface area contributed by atoms with Crippen LogP contribution in [-0.4, -0.2) is 29.0 Å². The van der Waals surface area contributed by atoms with Gasteiger partial charge in [-0.25, -0.2) is 0 Å². The summed E-state index contributed by atoms with van der Waals surface area (Å²) in [7, 11) is 0. The zero-order chi connectivity index (χ0) is 7.98. The second-order valence-corrected chi connectivity index (χ2v) is 2.17. The average molecular weight is 145 g/mol. The number of allylic oxidation sites excluding steroid dienone is 1. The molecular formula is C7H15NO2. The van der Waals surface area contributed by atoms with Gasteiger partial charge >= 0.3 is 0 Å². The highest BCUT2D eigenvalue weighted by Crippen LogP contribution is 1.92. The third kappa shape index (κ3) is 3.61. The van der Waals surface area contributed by atoms with E-state index in [9.17, 15) is 0 Å². The highest BCUT2D eigenvalue weighted by molar-refractivity contribution is 4.92. The minimum atomic E-state index is -0.718. The number of aliphatic hydroxyl groups excluding tert-OH is 2. The van der Waals surface area contributed by atoms with Crippen molar-refractivity contribution in [2.24, 2.45) is 5.73 Å². The molecule has 10 heavy (non-hydrogen) atoms. The van der Waals surface area contributed by atoms with Crippen LogP contribution in [0.5, 0.6) is 0 Å². The zero-order valence-corrected chi connectivity index (χ0v) is 6.20. The molecule has 0 bridgehead atoms. The van der Waals surface area contributed by atoms with Crippen LogP contribution < -0.4 is 5.73 Å². The molecule has 2 atom stereocenters. The summed E-state index contributed by atoms with van der Waals surface area (Å²) in [5.74, 6) is 0. The van der Waals surface area contributed by atoms with Gasteiger partial charge in [0.25, 0.3) is 0 Å². The van der Waals surface area contributed by atoms with Gasteiger partial charge in [-0.2, -0.15) is 0 Å². The largest absolute Gasteiger partial charge is 0.395 e. The third-order valence-electron chi connectivity index (χ3n) is 1.22. The first-order chi connectivity index (χ1) is 4.72. The maximum atomic E-state index is 9.08. The maximum Gasteiger partial charge on any atom is 0.0894 e. The Labute approximate surface area is 61.2 Å². The number of aliphatic hydroxyl groups is 2. The van der Waals surface area contributed by atoms with Crippen molar-refractivity contribution in [1.29, 1.82) is 0 Å². The molecule has 4 N–H and O–H groups in total. The van der Waals surface area contributed by atoms with Crippen molar-refractivity contribution in [3.05, 3.63) is 12.2 Å². The molecule has 0 spiro atoms. The Morgan fingerprint density at radius 1 is 1.60 bits per heavy atom. The Kier molecular flexibility index (Phi) is 5.20. The quantitative estimate of drug-likeness (QED) is 0.473. The Balaban J connectivity index is 3.60. The summed E-state index contributed by atoms with van der Waals surface area (Å²) in [5.41, 5.74) is 5.31. The van der Waals surface area contributed by atoms with Crippen LogP contribution in [0.15, 0.2) is 12.2 Å². The van der Waals surface area contributed by atoms with Crippen LogP contribution in [0.4, 0.5) is 0 Å². The van der Waals surface area contributed by atoms with E-state index < -0.39 is 12.1 Å². The molecule has 3 nitrogen and oxygen atoms in total. The van der Waals surface area contributed by atoms with Crippen molar-refractivity contribution < 1.29 is 10.2 Å². The van der Waals surface area contributed by atoms with Crippen LogP contribution >= 0.6 is 0 Å². The van der Waals surface area contributed by atoms with E-state index in [4.69, 9.17) is 15.9 Å². The predicted molar refractivity (Wildman–Crippen MR) is 40.5 cm³/mol. The molecule has 2 unspecified atom stereocenters. The Morgan fingerprint density at radius 2 is 2.20 bits per heavy atom. The Hall–Kier alpha value is -0.380. The molecule has 60 valence electrons. The van der Waals surface area contributed by atoms with Gasteiger partial charge in [-0.3, -0.25) is 0 Å². The minimum absolute atomic E-state index is 0.185. The molecule has 0 amide bonds. The topological polar surface area (TPSA) is 66.5 Å². The zero-order valence-electron chi connectivity index (χ0n) is 6.20. The normalized spacial score (nSPS) is 17.6. The lowest BCUT2D eigenvalue weighted by Crippen LogP contribution is -2.36. The predicted octanol–water partition coefficient (Wildman–Crippen LogP) is -0.367. The van der Waals surface area contributed by atoms with E-state index in [0.29, 0.717) is 0 Å². The summed E-state index contributed by atoms with van der Waals surface area (Å²) in [6.07, 6.45) is 3.57. The molecule has 0 aromatic heterocycles. The summed E-state index contributed by atoms with van der Waals surface area (Å²) >= 11 is 0. The highest BCUT2D eigenvalue weighted by Gasteiger charge is 2.08. The van der Waals surface area contributed by atoms with Crippen LogP contribution in [0.3, 0.4) is 0 Å². The summed E-state index contributed by atoms with van der Waals surface area (Å²) < 4.78 is 0. The Bertz CT molecular complexity index is 104. The molecular weight excluding hydrogens is 130 g/mol. The van der Waals surface area contributed by atoms with Crippen LogP contribution in [0.1, 0.15) is 13.3 Å². The van der Waals surface area contributed by atoms with E-state index in [2.05, 4.69) is 0 Å². The molecule has 0 saturated heterocycles. The summed E-state index contributed by atoms with van der Waals surface area (Å²) in [5, 5.41) is 17.6. The molecule has 3 heteroatoms. The monoisotopic (exact) mass is 145 g/mol. The molecule has 0 fully saturated rings. The lowest BCUT2D eigenvalue weighted by atomic mass is 10.1. The van der Waals surface area contributed by atoms with Gasteiger partial charge in [-0.15, -0.1) is 0 Å². The Morgan fingerprint density at radius 3 is 2.60 bits per heavy atom. The van der Waals surface area contributed by atoms with E-state index in [1.54, 1.807) is 6.08 Å². The van der Waals surface area contributed by atoms with E-state index in [0.717, 1.165) is 6.42 Å². The van der Waals surface area contributed by atoms with E-state index in [1.165, 1.54) is 0 Å². The first kappa shape index (κ1) is 9.62. The number of rotatable bonds is 4. The molecule has 0 saturated carbocycles. The first-order valence-corrected chi connectivity index (χ1v) is 3.43. The fourth-order valence-corrected chi connectivity index (χ4v) is 0.526. The lowest BCUT2D eigenvalue weighted by Gasteiger charge is -2.11. The van der Waals surface area contributed by atoms with Crippen LogP contribution in [0.25, 0.3) is 0 Å². The summed E-state index contributed by atoms with van der Waals surface area (Å²) in [6.45, 7) is 1.78. The highest BCUT2D eigenvalue weighted by atomic mass is 16.3. The second kappa shape index (κ2) is 5.41. The molecule has 0 heterocycles. The van der Waals surface area contributed by atoms with Crippen molar-refractivity contribution >= 4 is 0 Å². The fraction of sp³-hybridized carbons (Fsp3) is 0.714. The molecule has 0 aliphatic heterocycles. The average Bonchev–Trinajstić information content (AvgIpc) is 1.98. The summed E-state index contributed by atoms with van der Waals surface area (Å²) in [4.78, 5) is 0. The summed E-state index contributed by atoms with van der Waals surface area (Å²) in [6, 6.07) is -0.553. The molecule has 0 aliphatic carbocycles. The van der Waals surface area contributed by atoms with Crippen molar-refractivity contribution in [3.63, 3.8) is 0 Å². The van der Waals surface area contributed by atoms with Gasteiger partial charge in [0.05, 0.1) is 18.8 Å². The van der Waals surface area contributed by atoms with Gasteiger partial charge in [0.15, 0.2) is 0 Å². The molecule has 0 aromatic rings. The van der Waals surface area contributed by atoms with Crippen molar-refractivity contribution in [2.75, 3.05) is 6.61 Å². The van der Waals surface area contributed by atoms with Gasteiger partial charge in [0, 0.05) is 0 Å². The second-order valence-electron chi connectivity index (χ2n) is 2.17. The van der Waals surface area contributed by atoms with Gasteiger partial charge in [0.2, 0.25) is 0 Å². The first-order valence-electron chi connectivity index (χ1n) is 3.43. The maximum absolute atomic E-state index is 9.08. The van der Waals surface area contributed by atoms with Crippen LogP contribution in [-0.2, 0) is 0 Å². The third-order valence-corrected chi connectivity index (χ3v) is 1.22. The van der Waals surface area contributed by atoms with E-state index >= 15 is 0 Å².